The van der Waals surface area contributed by atoms with Crippen molar-refractivity contribution >= 4 is 15.9 Å². The molecule has 0 amide bonds. The molecule has 2 atom stereocenters. The summed E-state index contributed by atoms with van der Waals surface area (Å²) in [4.78, 5) is 0.566. The number of rotatable bonds is 2. The molecule has 0 N–H and O–H groups in total. The van der Waals surface area contributed by atoms with Crippen molar-refractivity contribution < 1.29 is 4.74 Å². The topological polar surface area (TPSA) is 27.1 Å². The van der Waals surface area contributed by atoms with E-state index in [1.54, 1.807) is 10.9 Å². The lowest BCUT2D eigenvalue weighted by Crippen LogP contribution is -2.53. The quantitative estimate of drug-likeness (QED) is 0.762. The minimum atomic E-state index is 0.218. The number of aromatic nitrogens is 2. The van der Waals surface area contributed by atoms with Crippen molar-refractivity contribution in [3.8, 4) is 5.75 Å². The average Bonchev–Trinajstić information content (AvgIpc) is 2.51. The Hall–Kier alpha value is -0.510. The Morgan fingerprint density at radius 2 is 2.36 bits per heavy atom. The number of hydrogen-bond acceptors (Lipinski definition) is 2. The van der Waals surface area contributed by atoms with Gasteiger partial charge in [-0.05, 0) is 6.42 Å². The van der Waals surface area contributed by atoms with Crippen molar-refractivity contribution in [1.82, 2.24) is 9.78 Å². The van der Waals surface area contributed by atoms with Gasteiger partial charge in [0.25, 0.3) is 0 Å². The van der Waals surface area contributed by atoms with E-state index in [2.05, 4.69) is 34.9 Å². The molecule has 3 nitrogen and oxygen atoms in total. The van der Waals surface area contributed by atoms with Gasteiger partial charge < -0.3 is 4.74 Å². The second-order valence-electron chi connectivity index (χ2n) is 4.48. The van der Waals surface area contributed by atoms with Gasteiger partial charge in [0.15, 0.2) is 5.75 Å². The van der Waals surface area contributed by atoms with Gasteiger partial charge in [0, 0.05) is 17.3 Å². The lowest BCUT2D eigenvalue weighted by Gasteiger charge is -2.48. The highest BCUT2D eigenvalue weighted by Gasteiger charge is 2.48. The first-order valence-corrected chi connectivity index (χ1v) is 5.71. The van der Waals surface area contributed by atoms with Crippen LogP contribution in [-0.4, -0.2) is 20.7 Å². The predicted molar refractivity (Wildman–Crippen MR) is 58.7 cm³/mol. The summed E-state index contributed by atoms with van der Waals surface area (Å²) in [7, 11) is 1.89. The molecule has 0 bridgehead atoms. The van der Waals surface area contributed by atoms with Crippen LogP contribution in [0, 0.1) is 5.41 Å². The fourth-order valence-electron chi connectivity index (χ4n) is 1.66. The molecule has 2 unspecified atom stereocenters. The fraction of sp³-hybridized carbons (Fsp3) is 0.700. The van der Waals surface area contributed by atoms with Crippen LogP contribution in [0.25, 0.3) is 0 Å². The van der Waals surface area contributed by atoms with Gasteiger partial charge in [0.2, 0.25) is 0 Å². The van der Waals surface area contributed by atoms with Crippen LogP contribution in [0.5, 0.6) is 5.75 Å². The van der Waals surface area contributed by atoms with E-state index in [0.29, 0.717) is 10.9 Å². The van der Waals surface area contributed by atoms with E-state index in [1.807, 2.05) is 13.2 Å². The summed E-state index contributed by atoms with van der Waals surface area (Å²) in [6, 6.07) is 0. The minimum Gasteiger partial charge on any atom is -0.486 e. The standard InChI is InChI=1S/C10H15BrN2O/c1-10(2)8(11)4-9(10)14-7-5-12-13(3)6-7/h5-6,8-9H,4H2,1-3H3. The first kappa shape index (κ1) is 10.0. The molecule has 2 rings (SSSR count). The molecule has 1 aliphatic rings. The highest BCUT2D eigenvalue weighted by Crippen LogP contribution is 2.47. The molecule has 0 aromatic carbocycles. The van der Waals surface area contributed by atoms with Gasteiger partial charge in [-0.2, -0.15) is 5.10 Å². The van der Waals surface area contributed by atoms with Crippen molar-refractivity contribution in [3.63, 3.8) is 0 Å². The molecule has 1 fully saturated rings. The molecule has 1 heterocycles. The first-order chi connectivity index (χ1) is 6.50. The number of ether oxygens (including phenoxy) is 1. The molecule has 14 heavy (non-hydrogen) atoms. The number of nitrogens with zero attached hydrogens (tertiary/aromatic N) is 2. The molecule has 1 saturated carbocycles. The largest absolute Gasteiger partial charge is 0.486 e. The summed E-state index contributed by atoms with van der Waals surface area (Å²) >= 11 is 3.64. The van der Waals surface area contributed by atoms with Crippen molar-refractivity contribution in [3.05, 3.63) is 12.4 Å². The second-order valence-corrected chi connectivity index (χ2v) is 5.59. The van der Waals surface area contributed by atoms with Crippen LogP contribution in [-0.2, 0) is 7.05 Å². The lowest BCUT2D eigenvalue weighted by molar-refractivity contribution is -0.00783. The van der Waals surface area contributed by atoms with E-state index in [9.17, 15) is 0 Å². The van der Waals surface area contributed by atoms with E-state index in [4.69, 9.17) is 4.74 Å². The molecule has 1 aromatic rings. The summed E-state index contributed by atoms with van der Waals surface area (Å²) in [5.41, 5.74) is 0.218. The van der Waals surface area contributed by atoms with Crippen LogP contribution < -0.4 is 4.74 Å². The van der Waals surface area contributed by atoms with E-state index < -0.39 is 0 Å². The van der Waals surface area contributed by atoms with E-state index in [-0.39, 0.29) is 5.41 Å². The molecule has 4 heteroatoms. The molecule has 0 radical (unpaired) electrons. The van der Waals surface area contributed by atoms with Crippen molar-refractivity contribution in [2.75, 3.05) is 0 Å². The Bertz CT molecular complexity index is 335. The maximum atomic E-state index is 5.84. The van der Waals surface area contributed by atoms with E-state index in [0.717, 1.165) is 12.2 Å². The van der Waals surface area contributed by atoms with Gasteiger partial charge in [-0.15, -0.1) is 0 Å². The normalized spacial score (nSPS) is 29.7. The molecule has 1 aromatic heterocycles. The van der Waals surface area contributed by atoms with Crippen LogP contribution >= 0.6 is 15.9 Å². The van der Waals surface area contributed by atoms with Gasteiger partial charge in [-0.1, -0.05) is 29.8 Å². The Labute approximate surface area is 92.6 Å². The third kappa shape index (κ3) is 1.56. The van der Waals surface area contributed by atoms with E-state index >= 15 is 0 Å². The third-order valence-electron chi connectivity index (χ3n) is 3.02. The smallest absolute Gasteiger partial charge is 0.157 e. The highest BCUT2D eigenvalue weighted by molar-refractivity contribution is 9.09. The third-order valence-corrected chi connectivity index (χ3v) is 4.57. The maximum absolute atomic E-state index is 5.84. The zero-order valence-electron chi connectivity index (χ0n) is 8.70. The van der Waals surface area contributed by atoms with Crippen LogP contribution in [0.15, 0.2) is 12.4 Å². The molecular weight excluding hydrogens is 244 g/mol. The van der Waals surface area contributed by atoms with Crippen molar-refractivity contribution in [2.24, 2.45) is 12.5 Å². The molecule has 1 aliphatic carbocycles. The average molecular weight is 259 g/mol. The van der Waals surface area contributed by atoms with E-state index in [1.165, 1.54) is 0 Å². The summed E-state index contributed by atoms with van der Waals surface area (Å²) in [5, 5.41) is 4.07. The Balaban J connectivity index is 2.00. The van der Waals surface area contributed by atoms with Crippen molar-refractivity contribution in [2.45, 2.75) is 31.2 Å². The number of halogens is 1. The second kappa shape index (κ2) is 3.26. The van der Waals surface area contributed by atoms with Gasteiger partial charge in [-0.25, -0.2) is 0 Å². The lowest BCUT2D eigenvalue weighted by atomic mass is 9.69. The Morgan fingerprint density at radius 1 is 1.64 bits per heavy atom. The van der Waals surface area contributed by atoms with Gasteiger partial charge >= 0.3 is 0 Å². The number of hydrogen-bond donors (Lipinski definition) is 0. The predicted octanol–water partition coefficient (Wildman–Crippen LogP) is 2.36. The Morgan fingerprint density at radius 3 is 2.79 bits per heavy atom. The SMILES string of the molecule is Cn1cc(OC2CC(Br)C2(C)C)cn1. The van der Waals surface area contributed by atoms with Crippen LogP contribution in [0.1, 0.15) is 20.3 Å². The van der Waals surface area contributed by atoms with Crippen molar-refractivity contribution in [1.29, 1.82) is 0 Å². The first-order valence-electron chi connectivity index (χ1n) is 4.79. The van der Waals surface area contributed by atoms with Crippen LogP contribution in [0.2, 0.25) is 0 Å². The molecule has 78 valence electrons. The summed E-state index contributed by atoms with van der Waals surface area (Å²) < 4.78 is 7.60. The molecule has 0 saturated heterocycles. The van der Waals surface area contributed by atoms with Gasteiger partial charge in [0.1, 0.15) is 6.10 Å². The van der Waals surface area contributed by atoms with Crippen LogP contribution in [0.3, 0.4) is 0 Å². The van der Waals surface area contributed by atoms with Gasteiger partial charge in [0.05, 0.1) is 12.4 Å². The Kier molecular flexibility index (Phi) is 2.33. The van der Waals surface area contributed by atoms with Crippen LogP contribution in [0.4, 0.5) is 0 Å². The highest BCUT2D eigenvalue weighted by atomic mass is 79.9. The summed E-state index contributed by atoms with van der Waals surface area (Å²) in [6.07, 6.45) is 5.04. The molecule has 0 spiro atoms. The number of alkyl halides is 1. The number of aryl methyl sites for hydroxylation is 1. The molecule has 0 aliphatic heterocycles. The maximum Gasteiger partial charge on any atom is 0.157 e. The zero-order chi connectivity index (χ0) is 10.3. The minimum absolute atomic E-state index is 0.218. The van der Waals surface area contributed by atoms with Gasteiger partial charge in [-0.3, -0.25) is 4.68 Å². The fourth-order valence-corrected chi connectivity index (χ4v) is 2.29. The zero-order valence-corrected chi connectivity index (χ0v) is 10.3. The monoisotopic (exact) mass is 258 g/mol. The summed E-state index contributed by atoms with van der Waals surface area (Å²) in [5.74, 6) is 0.866. The summed E-state index contributed by atoms with van der Waals surface area (Å²) in [6.45, 7) is 4.44. The molecular formula is C10H15BrN2O.